The molecule has 0 N–H and O–H groups in total. The molecule has 1 amide bonds. The third-order valence-electron chi connectivity index (χ3n) is 6.67. The summed E-state index contributed by atoms with van der Waals surface area (Å²) in [7, 11) is 3.11. The molecule has 0 aromatic heterocycles. The van der Waals surface area contributed by atoms with E-state index in [1.54, 1.807) is 45.0 Å². The lowest BCUT2D eigenvalue weighted by atomic mass is 10.1. The topological polar surface area (TPSA) is 91.7 Å². The van der Waals surface area contributed by atoms with Crippen molar-refractivity contribution in [2.45, 2.75) is 38.3 Å². The highest BCUT2D eigenvalue weighted by atomic mass is 32.2. The van der Waals surface area contributed by atoms with Crippen LogP contribution in [-0.2, 0) is 26.1 Å². The molecule has 3 rings (SSSR count). The molecule has 2 aromatic rings. The van der Waals surface area contributed by atoms with Crippen molar-refractivity contribution in [3.63, 3.8) is 0 Å². The highest BCUT2D eigenvalue weighted by Crippen LogP contribution is 2.28. The molecular formula is C27H38N4O5S. The Hall–Kier alpha value is -2.95. The zero-order chi connectivity index (χ0) is 27.3. The molecule has 0 fully saturated rings. The Kier molecular flexibility index (Phi) is 9.33. The number of aryl methyl sites for hydroxylation is 2. The van der Waals surface area contributed by atoms with E-state index in [0.717, 1.165) is 23.5 Å². The summed E-state index contributed by atoms with van der Waals surface area (Å²) in [5, 5.41) is 0. The standard InChI is InChI=1S/C27H38N4O5S/c1-19-14-24(35-7)15-20(2)27(19)37(33,34)31(6)12-13-36-18-26(32)30(5)16-22-8-10-23(11-9-22)25-17-29(4)21(3)28-25/h8-11,14-15,25H,12-13,16-18H2,1-7H3. The van der Waals surface area contributed by atoms with Gasteiger partial charge >= 0.3 is 0 Å². The molecule has 10 heteroatoms. The lowest BCUT2D eigenvalue weighted by Crippen LogP contribution is -2.33. The van der Waals surface area contributed by atoms with E-state index < -0.39 is 10.0 Å². The van der Waals surface area contributed by atoms with Gasteiger partial charge in [0.05, 0.1) is 30.5 Å². The van der Waals surface area contributed by atoms with E-state index in [0.29, 0.717) is 23.4 Å². The normalized spacial score (nSPS) is 15.7. The van der Waals surface area contributed by atoms with Crippen molar-refractivity contribution in [2.75, 3.05) is 54.6 Å². The largest absolute Gasteiger partial charge is 0.497 e. The minimum atomic E-state index is -3.71. The third kappa shape index (κ3) is 6.88. The van der Waals surface area contributed by atoms with E-state index in [1.807, 2.05) is 26.1 Å². The quantitative estimate of drug-likeness (QED) is 0.415. The number of hydrogen-bond acceptors (Lipinski definition) is 7. The molecule has 1 aliphatic rings. The van der Waals surface area contributed by atoms with E-state index in [2.05, 4.69) is 22.0 Å². The minimum Gasteiger partial charge on any atom is -0.497 e. The maximum absolute atomic E-state index is 13.1. The number of hydrogen-bond donors (Lipinski definition) is 0. The van der Waals surface area contributed by atoms with Gasteiger partial charge < -0.3 is 19.3 Å². The SMILES string of the molecule is COc1cc(C)c(S(=O)(=O)N(C)CCOCC(=O)N(C)Cc2ccc(C3CN(C)C(C)=N3)cc2)c(C)c1. The van der Waals surface area contributed by atoms with Gasteiger partial charge in [-0.25, -0.2) is 8.42 Å². The molecule has 1 aliphatic heterocycles. The van der Waals surface area contributed by atoms with Crippen molar-refractivity contribution in [1.29, 1.82) is 0 Å². The number of sulfonamides is 1. The first-order valence-corrected chi connectivity index (χ1v) is 13.7. The van der Waals surface area contributed by atoms with Gasteiger partial charge in [-0.2, -0.15) is 4.31 Å². The summed E-state index contributed by atoms with van der Waals surface area (Å²) in [5.41, 5.74) is 3.41. The molecule has 0 bridgehead atoms. The Morgan fingerprint density at radius 1 is 1.11 bits per heavy atom. The van der Waals surface area contributed by atoms with Gasteiger partial charge in [-0.3, -0.25) is 9.79 Å². The van der Waals surface area contributed by atoms with Crippen molar-refractivity contribution in [3.8, 4) is 5.75 Å². The minimum absolute atomic E-state index is 0.105. The van der Waals surface area contributed by atoms with E-state index in [9.17, 15) is 13.2 Å². The van der Waals surface area contributed by atoms with Crippen molar-refractivity contribution in [2.24, 2.45) is 4.99 Å². The average molecular weight is 531 g/mol. The molecule has 202 valence electrons. The van der Waals surface area contributed by atoms with Crippen molar-refractivity contribution in [1.82, 2.24) is 14.1 Å². The smallest absolute Gasteiger partial charge is 0.248 e. The van der Waals surface area contributed by atoms with Crippen LogP contribution >= 0.6 is 0 Å². The zero-order valence-corrected chi connectivity index (χ0v) is 23.6. The second kappa shape index (κ2) is 12.1. The molecule has 0 saturated carbocycles. The van der Waals surface area contributed by atoms with E-state index >= 15 is 0 Å². The Morgan fingerprint density at radius 3 is 2.27 bits per heavy atom. The van der Waals surface area contributed by atoms with Crippen LogP contribution in [0.1, 0.15) is 35.2 Å². The lowest BCUT2D eigenvalue weighted by molar-refractivity contribution is -0.135. The fourth-order valence-corrected chi connectivity index (χ4v) is 5.88. The van der Waals surface area contributed by atoms with Gasteiger partial charge in [0.2, 0.25) is 15.9 Å². The molecule has 0 radical (unpaired) electrons. The summed E-state index contributed by atoms with van der Waals surface area (Å²) in [6, 6.07) is 11.7. The van der Waals surface area contributed by atoms with E-state index in [4.69, 9.17) is 9.47 Å². The molecule has 9 nitrogen and oxygen atoms in total. The first-order chi connectivity index (χ1) is 17.4. The Morgan fingerprint density at radius 2 is 1.73 bits per heavy atom. The summed E-state index contributed by atoms with van der Waals surface area (Å²) in [6.07, 6.45) is 0. The number of rotatable bonds is 11. The monoisotopic (exact) mass is 530 g/mol. The van der Waals surface area contributed by atoms with Crippen LogP contribution < -0.4 is 4.74 Å². The highest BCUT2D eigenvalue weighted by Gasteiger charge is 2.25. The fraction of sp³-hybridized carbons (Fsp3) is 0.481. The fourth-order valence-electron chi connectivity index (χ4n) is 4.32. The third-order valence-corrected chi connectivity index (χ3v) is 8.83. The number of likely N-dealkylation sites (N-methyl/N-ethyl adjacent to an activating group) is 3. The molecule has 0 spiro atoms. The van der Waals surface area contributed by atoms with Gasteiger partial charge in [-0.15, -0.1) is 0 Å². The first kappa shape index (κ1) is 28.6. The van der Waals surface area contributed by atoms with Gasteiger partial charge in [-0.05, 0) is 55.2 Å². The summed E-state index contributed by atoms with van der Waals surface area (Å²) in [6.45, 7) is 6.95. The predicted molar refractivity (Wildman–Crippen MR) is 144 cm³/mol. The van der Waals surface area contributed by atoms with Crippen LogP contribution in [0.3, 0.4) is 0 Å². The Bertz CT molecular complexity index is 1220. The number of nitrogens with zero attached hydrogens (tertiary/aromatic N) is 4. The number of carbonyl (C=O) groups excluding carboxylic acids is 1. The van der Waals surface area contributed by atoms with Crippen LogP contribution in [-0.4, -0.2) is 88.8 Å². The number of carbonyl (C=O) groups is 1. The van der Waals surface area contributed by atoms with Crippen LogP contribution in [0.5, 0.6) is 5.75 Å². The van der Waals surface area contributed by atoms with Crippen LogP contribution in [0.25, 0.3) is 0 Å². The number of aliphatic imine (C=N–C) groups is 1. The van der Waals surface area contributed by atoms with Crippen molar-refractivity contribution in [3.05, 3.63) is 58.7 Å². The highest BCUT2D eigenvalue weighted by molar-refractivity contribution is 7.89. The second-order valence-electron chi connectivity index (χ2n) is 9.53. The maximum Gasteiger partial charge on any atom is 0.248 e. The molecule has 2 aromatic carbocycles. The van der Waals surface area contributed by atoms with Crippen LogP contribution in [0.15, 0.2) is 46.3 Å². The molecule has 37 heavy (non-hydrogen) atoms. The van der Waals surface area contributed by atoms with Crippen molar-refractivity contribution < 1.29 is 22.7 Å². The molecule has 1 atom stereocenters. The van der Waals surface area contributed by atoms with Gasteiger partial charge in [0, 0.05) is 40.8 Å². The molecule has 1 unspecified atom stereocenters. The number of methoxy groups -OCH3 is 1. The van der Waals surface area contributed by atoms with Crippen LogP contribution in [0, 0.1) is 13.8 Å². The van der Waals surface area contributed by atoms with E-state index in [-0.39, 0.29) is 36.6 Å². The van der Waals surface area contributed by atoms with Gasteiger partial charge in [0.25, 0.3) is 0 Å². The molecule has 1 heterocycles. The second-order valence-corrected chi connectivity index (χ2v) is 11.5. The summed E-state index contributed by atoms with van der Waals surface area (Å²) >= 11 is 0. The summed E-state index contributed by atoms with van der Waals surface area (Å²) < 4.78 is 38.2. The lowest BCUT2D eigenvalue weighted by Gasteiger charge is -2.21. The molecule has 0 aliphatic carbocycles. The zero-order valence-electron chi connectivity index (χ0n) is 22.8. The number of benzene rings is 2. The maximum atomic E-state index is 13.1. The summed E-state index contributed by atoms with van der Waals surface area (Å²) in [5.74, 6) is 1.48. The number of ether oxygens (including phenoxy) is 2. The van der Waals surface area contributed by atoms with Gasteiger partial charge in [0.1, 0.15) is 12.4 Å². The van der Waals surface area contributed by atoms with Crippen LogP contribution in [0.2, 0.25) is 0 Å². The first-order valence-electron chi connectivity index (χ1n) is 12.2. The molecule has 0 saturated heterocycles. The van der Waals surface area contributed by atoms with Crippen molar-refractivity contribution >= 4 is 21.8 Å². The van der Waals surface area contributed by atoms with Gasteiger partial charge in [-0.1, -0.05) is 24.3 Å². The van der Waals surface area contributed by atoms with Crippen LogP contribution in [0.4, 0.5) is 0 Å². The number of amides is 1. The molecular weight excluding hydrogens is 492 g/mol. The average Bonchev–Trinajstić information content (AvgIpc) is 3.19. The number of amidine groups is 1. The Balaban J connectivity index is 1.47. The van der Waals surface area contributed by atoms with E-state index in [1.165, 1.54) is 11.4 Å². The van der Waals surface area contributed by atoms with Gasteiger partial charge in [0.15, 0.2) is 0 Å². The predicted octanol–water partition coefficient (Wildman–Crippen LogP) is 3.01. The Labute approximate surface area is 220 Å². The summed E-state index contributed by atoms with van der Waals surface area (Å²) in [4.78, 5) is 21.2.